The molecule has 0 fully saturated rings. The van der Waals surface area contributed by atoms with Gasteiger partial charge >= 0.3 is 6.03 Å². The normalized spacial score (nSPS) is 11.2. The third-order valence-corrected chi connectivity index (χ3v) is 5.15. The fourth-order valence-electron chi connectivity index (χ4n) is 2.82. The fourth-order valence-corrected chi connectivity index (χ4v) is 3.32. The van der Waals surface area contributed by atoms with E-state index in [2.05, 4.69) is 54.2 Å². The second-order valence-electron chi connectivity index (χ2n) is 7.96. The Morgan fingerprint density at radius 3 is 2.52 bits per heavy atom. The molecule has 0 saturated carbocycles. The molecule has 0 radical (unpaired) electrons. The molecule has 6 heteroatoms. The van der Waals surface area contributed by atoms with Crippen molar-refractivity contribution in [2.24, 2.45) is 0 Å². The predicted molar refractivity (Wildman–Crippen MR) is 120 cm³/mol. The minimum absolute atomic E-state index is 0.0675. The molecule has 0 atom stereocenters. The van der Waals surface area contributed by atoms with Crippen LogP contribution in [0, 0.1) is 0 Å². The number of halogens is 1. The summed E-state index contributed by atoms with van der Waals surface area (Å²) < 4.78 is 6.77. The lowest BCUT2D eigenvalue weighted by Crippen LogP contribution is -2.41. The van der Waals surface area contributed by atoms with Gasteiger partial charge in [-0.05, 0) is 51.0 Å². The minimum Gasteiger partial charge on any atom is -0.492 e. The molecular formula is C23H31BrN2O3. The summed E-state index contributed by atoms with van der Waals surface area (Å²) in [6.45, 7) is 8.24. The van der Waals surface area contributed by atoms with Crippen molar-refractivity contribution in [3.63, 3.8) is 0 Å². The third kappa shape index (κ3) is 7.71. The molecule has 0 aromatic heterocycles. The zero-order valence-corrected chi connectivity index (χ0v) is 19.0. The van der Waals surface area contributed by atoms with Crippen molar-refractivity contribution in [3.8, 4) is 5.75 Å². The zero-order chi connectivity index (χ0) is 21.3. The first-order chi connectivity index (χ1) is 13.8. The molecule has 0 spiro atoms. The molecular weight excluding hydrogens is 432 g/mol. The number of carbonyl (C=O) groups excluding carboxylic acids is 1. The van der Waals surface area contributed by atoms with Gasteiger partial charge in [0.1, 0.15) is 5.75 Å². The molecule has 158 valence electrons. The number of carbonyl (C=O) groups is 1. The van der Waals surface area contributed by atoms with Crippen LogP contribution < -0.4 is 10.1 Å². The number of amides is 2. The topological polar surface area (TPSA) is 61.8 Å². The highest BCUT2D eigenvalue weighted by Gasteiger charge is 2.15. The number of ether oxygens (including phenoxy) is 1. The van der Waals surface area contributed by atoms with Crippen molar-refractivity contribution in [3.05, 3.63) is 64.1 Å². The van der Waals surface area contributed by atoms with Crippen LogP contribution in [0.2, 0.25) is 0 Å². The highest BCUT2D eigenvalue weighted by atomic mass is 79.9. The van der Waals surface area contributed by atoms with E-state index >= 15 is 0 Å². The highest BCUT2D eigenvalue weighted by Crippen LogP contribution is 2.31. The summed E-state index contributed by atoms with van der Waals surface area (Å²) in [4.78, 5) is 14.0. The Balaban J connectivity index is 1.76. The number of nitrogens with zero attached hydrogens (tertiary/aromatic N) is 1. The first kappa shape index (κ1) is 23.2. The van der Waals surface area contributed by atoms with Crippen LogP contribution in [0.1, 0.15) is 38.3 Å². The average molecular weight is 463 g/mol. The first-order valence-corrected chi connectivity index (χ1v) is 10.7. The lowest BCUT2D eigenvalue weighted by atomic mass is 9.87. The Kier molecular flexibility index (Phi) is 8.99. The Labute approximate surface area is 182 Å². The van der Waals surface area contributed by atoms with Crippen LogP contribution in [-0.4, -0.2) is 42.3 Å². The maximum atomic E-state index is 12.4. The average Bonchev–Trinajstić information content (AvgIpc) is 2.68. The predicted octanol–water partition coefficient (Wildman–Crippen LogP) is 4.72. The molecule has 0 saturated heterocycles. The SMILES string of the molecule is CC(C)(C)c1ccc(OCCCNC(=O)N(CCO)Cc2ccccc2)c(Br)c1. The number of hydrogen-bond donors (Lipinski definition) is 2. The van der Waals surface area contributed by atoms with Gasteiger partial charge in [0, 0.05) is 19.6 Å². The second kappa shape index (κ2) is 11.2. The maximum Gasteiger partial charge on any atom is 0.317 e. The highest BCUT2D eigenvalue weighted by molar-refractivity contribution is 9.10. The van der Waals surface area contributed by atoms with Gasteiger partial charge in [0.2, 0.25) is 0 Å². The summed E-state index contributed by atoms with van der Waals surface area (Å²) in [6.07, 6.45) is 0.692. The van der Waals surface area contributed by atoms with Gasteiger partial charge in [-0.1, -0.05) is 57.2 Å². The van der Waals surface area contributed by atoms with Gasteiger partial charge < -0.3 is 20.1 Å². The molecule has 2 aromatic rings. The minimum atomic E-state index is -0.182. The summed E-state index contributed by atoms with van der Waals surface area (Å²) in [5, 5.41) is 12.2. The molecule has 2 aromatic carbocycles. The summed E-state index contributed by atoms with van der Waals surface area (Å²) in [5.41, 5.74) is 2.36. The van der Waals surface area contributed by atoms with Gasteiger partial charge in [-0.2, -0.15) is 0 Å². The first-order valence-electron chi connectivity index (χ1n) is 9.91. The Bertz CT molecular complexity index is 775. The molecule has 0 aliphatic rings. The molecule has 0 aliphatic carbocycles. The number of rotatable bonds is 9. The summed E-state index contributed by atoms with van der Waals surface area (Å²) in [7, 11) is 0. The maximum absolute atomic E-state index is 12.4. The van der Waals surface area contributed by atoms with Crippen molar-refractivity contribution < 1.29 is 14.6 Å². The van der Waals surface area contributed by atoms with E-state index in [1.807, 2.05) is 36.4 Å². The standard InChI is InChI=1S/C23H31BrN2O3/c1-23(2,3)19-10-11-21(20(24)16-19)29-15-7-12-25-22(28)26(13-14-27)17-18-8-5-4-6-9-18/h4-6,8-11,16,27H,7,12-15,17H2,1-3H3,(H,25,28). The van der Waals surface area contributed by atoms with E-state index in [1.165, 1.54) is 5.56 Å². The Hall–Kier alpha value is -2.05. The smallest absolute Gasteiger partial charge is 0.317 e. The molecule has 0 bridgehead atoms. The van der Waals surface area contributed by atoms with Gasteiger partial charge in [-0.15, -0.1) is 0 Å². The van der Waals surface area contributed by atoms with Crippen LogP contribution >= 0.6 is 15.9 Å². The lowest BCUT2D eigenvalue weighted by molar-refractivity contribution is 0.173. The molecule has 0 aliphatic heterocycles. The molecule has 5 nitrogen and oxygen atoms in total. The number of benzene rings is 2. The van der Waals surface area contributed by atoms with Crippen molar-refractivity contribution in [2.75, 3.05) is 26.3 Å². The number of aliphatic hydroxyl groups is 1. The zero-order valence-electron chi connectivity index (χ0n) is 17.5. The van der Waals surface area contributed by atoms with Crippen LogP contribution in [0.25, 0.3) is 0 Å². The lowest BCUT2D eigenvalue weighted by Gasteiger charge is -2.22. The second-order valence-corrected chi connectivity index (χ2v) is 8.81. The summed E-state index contributed by atoms with van der Waals surface area (Å²) >= 11 is 3.57. The molecule has 0 unspecified atom stereocenters. The van der Waals surface area contributed by atoms with Crippen molar-refractivity contribution in [1.29, 1.82) is 0 Å². The van der Waals surface area contributed by atoms with Crippen LogP contribution in [0.3, 0.4) is 0 Å². The molecule has 2 amide bonds. The van der Waals surface area contributed by atoms with Gasteiger partial charge in [-0.3, -0.25) is 0 Å². The van der Waals surface area contributed by atoms with E-state index in [9.17, 15) is 9.90 Å². The Morgan fingerprint density at radius 1 is 1.17 bits per heavy atom. The summed E-state index contributed by atoms with van der Waals surface area (Å²) in [5.74, 6) is 0.801. The van der Waals surface area contributed by atoms with Gasteiger partial charge in [-0.25, -0.2) is 4.79 Å². The van der Waals surface area contributed by atoms with Crippen LogP contribution in [0.15, 0.2) is 53.0 Å². The van der Waals surface area contributed by atoms with Crippen molar-refractivity contribution >= 4 is 22.0 Å². The van der Waals surface area contributed by atoms with E-state index in [-0.39, 0.29) is 18.1 Å². The number of aliphatic hydroxyl groups excluding tert-OH is 1. The van der Waals surface area contributed by atoms with E-state index in [0.29, 0.717) is 32.7 Å². The van der Waals surface area contributed by atoms with Crippen LogP contribution in [0.4, 0.5) is 4.79 Å². The third-order valence-electron chi connectivity index (χ3n) is 4.53. The van der Waals surface area contributed by atoms with E-state index in [0.717, 1.165) is 15.8 Å². The molecule has 29 heavy (non-hydrogen) atoms. The van der Waals surface area contributed by atoms with E-state index in [4.69, 9.17) is 4.74 Å². The molecule has 2 rings (SSSR count). The quantitative estimate of drug-likeness (QED) is 0.529. The Morgan fingerprint density at radius 2 is 1.90 bits per heavy atom. The number of hydrogen-bond acceptors (Lipinski definition) is 3. The van der Waals surface area contributed by atoms with E-state index < -0.39 is 0 Å². The van der Waals surface area contributed by atoms with Crippen LogP contribution in [-0.2, 0) is 12.0 Å². The fraction of sp³-hybridized carbons (Fsp3) is 0.435. The van der Waals surface area contributed by atoms with Gasteiger partial charge in [0.05, 0.1) is 17.7 Å². The molecule has 0 heterocycles. The largest absolute Gasteiger partial charge is 0.492 e. The van der Waals surface area contributed by atoms with Crippen LogP contribution in [0.5, 0.6) is 5.75 Å². The number of urea groups is 1. The van der Waals surface area contributed by atoms with Gasteiger partial charge in [0.25, 0.3) is 0 Å². The van der Waals surface area contributed by atoms with Crippen molar-refractivity contribution in [1.82, 2.24) is 10.2 Å². The monoisotopic (exact) mass is 462 g/mol. The number of nitrogens with one attached hydrogen (secondary N) is 1. The molecule has 2 N–H and O–H groups in total. The van der Waals surface area contributed by atoms with Gasteiger partial charge in [0.15, 0.2) is 0 Å². The summed E-state index contributed by atoms with van der Waals surface area (Å²) in [6, 6.07) is 15.7. The van der Waals surface area contributed by atoms with E-state index in [1.54, 1.807) is 4.90 Å². The van der Waals surface area contributed by atoms with Crippen molar-refractivity contribution in [2.45, 2.75) is 39.2 Å².